The number of nitrogens with zero attached hydrogens (tertiary/aromatic N) is 2. The number of aromatic nitrogens is 2. The van der Waals surface area contributed by atoms with Gasteiger partial charge in [-0.15, -0.1) is 11.3 Å². The van der Waals surface area contributed by atoms with Gasteiger partial charge in [-0.05, 0) is 32.0 Å². The van der Waals surface area contributed by atoms with Crippen LogP contribution in [0.25, 0.3) is 0 Å². The summed E-state index contributed by atoms with van der Waals surface area (Å²) in [4.78, 5) is 13.7. The minimum absolute atomic E-state index is 0.0213. The van der Waals surface area contributed by atoms with Crippen LogP contribution in [-0.4, -0.2) is 15.7 Å². The first-order chi connectivity index (χ1) is 8.20. The Morgan fingerprint density at radius 2 is 2.29 bits per heavy atom. The van der Waals surface area contributed by atoms with Crippen LogP contribution in [0, 0.1) is 6.92 Å². The molecular weight excluding hydrogens is 234 g/mol. The number of amides is 1. The van der Waals surface area contributed by atoms with E-state index in [0.717, 1.165) is 22.0 Å². The molecule has 0 saturated heterocycles. The van der Waals surface area contributed by atoms with Crippen LogP contribution >= 0.6 is 11.3 Å². The fourth-order valence-electron chi connectivity index (χ4n) is 1.61. The molecule has 2 aromatic heterocycles. The summed E-state index contributed by atoms with van der Waals surface area (Å²) in [5.74, 6) is -0.0213. The highest BCUT2D eigenvalue weighted by molar-refractivity contribution is 7.13. The molecule has 1 amide bonds. The molecule has 2 aromatic rings. The molecule has 2 rings (SSSR count). The van der Waals surface area contributed by atoms with Crippen molar-refractivity contribution < 1.29 is 4.79 Å². The van der Waals surface area contributed by atoms with E-state index >= 15 is 0 Å². The first-order valence-corrected chi connectivity index (χ1v) is 6.37. The van der Waals surface area contributed by atoms with Crippen LogP contribution in [0.2, 0.25) is 0 Å². The molecule has 0 bridgehead atoms. The van der Waals surface area contributed by atoms with Crippen molar-refractivity contribution in [3.8, 4) is 0 Å². The molecule has 0 aromatic carbocycles. The number of rotatable bonds is 4. The van der Waals surface area contributed by atoms with Crippen molar-refractivity contribution in [3.63, 3.8) is 0 Å². The number of carbonyl (C=O) groups is 1. The fourth-order valence-corrected chi connectivity index (χ4v) is 2.39. The number of hydrogen-bond acceptors (Lipinski definition) is 3. The van der Waals surface area contributed by atoms with Crippen LogP contribution in [0.1, 0.15) is 27.2 Å². The van der Waals surface area contributed by atoms with Gasteiger partial charge < -0.3 is 5.32 Å². The zero-order valence-electron chi connectivity index (χ0n) is 9.93. The third-order valence-corrected chi connectivity index (χ3v) is 3.50. The average molecular weight is 249 g/mol. The van der Waals surface area contributed by atoms with Gasteiger partial charge in [-0.25, -0.2) is 0 Å². The predicted molar refractivity (Wildman–Crippen MR) is 68.1 cm³/mol. The Kier molecular flexibility index (Phi) is 3.58. The van der Waals surface area contributed by atoms with Crippen LogP contribution in [0.5, 0.6) is 0 Å². The maximum atomic E-state index is 11.8. The van der Waals surface area contributed by atoms with Crippen LogP contribution < -0.4 is 5.32 Å². The van der Waals surface area contributed by atoms with Gasteiger partial charge in [-0.1, -0.05) is 0 Å². The molecule has 0 atom stereocenters. The summed E-state index contributed by atoms with van der Waals surface area (Å²) in [5.41, 5.74) is 1.02. The highest BCUT2D eigenvalue weighted by atomic mass is 32.1. The van der Waals surface area contributed by atoms with Gasteiger partial charge in [0.15, 0.2) is 0 Å². The van der Waals surface area contributed by atoms with E-state index < -0.39 is 0 Å². The van der Waals surface area contributed by atoms with Gasteiger partial charge in [-0.3, -0.25) is 9.48 Å². The lowest BCUT2D eigenvalue weighted by molar-refractivity contribution is 0.0954. The van der Waals surface area contributed by atoms with E-state index in [1.165, 1.54) is 11.3 Å². The molecule has 1 N–H and O–H groups in total. The van der Waals surface area contributed by atoms with E-state index in [-0.39, 0.29) is 5.91 Å². The molecule has 2 heterocycles. The molecule has 0 unspecified atom stereocenters. The molecule has 4 nitrogen and oxygen atoms in total. The number of aryl methyl sites for hydroxylation is 2. The molecular formula is C12H15N3OS. The quantitative estimate of drug-likeness (QED) is 0.903. The Labute approximate surface area is 104 Å². The van der Waals surface area contributed by atoms with Crippen LogP contribution in [0.15, 0.2) is 24.4 Å². The van der Waals surface area contributed by atoms with Gasteiger partial charge in [0, 0.05) is 17.6 Å². The summed E-state index contributed by atoms with van der Waals surface area (Å²) >= 11 is 1.51. The molecule has 17 heavy (non-hydrogen) atoms. The first kappa shape index (κ1) is 11.9. The molecule has 0 spiro atoms. The number of hydrogen-bond donors (Lipinski definition) is 1. The van der Waals surface area contributed by atoms with E-state index in [4.69, 9.17) is 0 Å². The van der Waals surface area contributed by atoms with Crippen molar-refractivity contribution in [1.82, 2.24) is 15.1 Å². The molecule has 0 saturated carbocycles. The van der Waals surface area contributed by atoms with E-state index in [0.29, 0.717) is 6.54 Å². The largest absolute Gasteiger partial charge is 0.346 e. The molecule has 0 aliphatic rings. The molecule has 90 valence electrons. The van der Waals surface area contributed by atoms with Crippen LogP contribution in [0.3, 0.4) is 0 Å². The highest BCUT2D eigenvalue weighted by Gasteiger charge is 2.08. The predicted octanol–water partition coefficient (Wildman–Crippen LogP) is 2.20. The van der Waals surface area contributed by atoms with Gasteiger partial charge in [-0.2, -0.15) is 5.10 Å². The maximum Gasteiger partial charge on any atom is 0.261 e. The monoisotopic (exact) mass is 249 g/mol. The Morgan fingerprint density at radius 1 is 1.47 bits per heavy atom. The summed E-state index contributed by atoms with van der Waals surface area (Å²) in [7, 11) is 0. The lowest BCUT2D eigenvalue weighted by atomic mass is 10.4. The lowest BCUT2D eigenvalue weighted by Gasteiger charge is -2.05. The smallest absolute Gasteiger partial charge is 0.261 e. The van der Waals surface area contributed by atoms with Crippen molar-refractivity contribution in [2.75, 3.05) is 0 Å². The summed E-state index contributed by atoms with van der Waals surface area (Å²) in [5, 5.41) is 7.06. The highest BCUT2D eigenvalue weighted by Crippen LogP contribution is 2.14. The SMILES string of the molecule is CCn1nccc1CNC(=O)c1ccc(C)s1. The molecule has 0 aliphatic heterocycles. The number of carbonyl (C=O) groups excluding carboxylic acids is 1. The minimum Gasteiger partial charge on any atom is -0.346 e. The topological polar surface area (TPSA) is 46.9 Å². The molecule has 0 aliphatic carbocycles. The average Bonchev–Trinajstić information content (AvgIpc) is 2.94. The molecule has 5 heteroatoms. The molecule has 0 fully saturated rings. The normalized spacial score (nSPS) is 10.5. The zero-order valence-corrected chi connectivity index (χ0v) is 10.8. The van der Waals surface area contributed by atoms with Crippen molar-refractivity contribution in [1.29, 1.82) is 0 Å². The van der Waals surface area contributed by atoms with Crippen molar-refractivity contribution in [2.45, 2.75) is 26.9 Å². The van der Waals surface area contributed by atoms with Gasteiger partial charge in [0.25, 0.3) is 5.91 Å². The molecule has 0 radical (unpaired) electrons. The Hall–Kier alpha value is -1.62. The second kappa shape index (κ2) is 5.14. The second-order valence-corrected chi connectivity index (χ2v) is 5.02. The van der Waals surface area contributed by atoms with E-state index in [1.54, 1.807) is 6.20 Å². The third kappa shape index (κ3) is 2.74. The second-order valence-electron chi connectivity index (χ2n) is 3.73. The summed E-state index contributed by atoms with van der Waals surface area (Å²) in [6.45, 7) is 5.36. The van der Waals surface area contributed by atoms with Gasteiger partial charge in [0.1, 0.15) is 0 Å². The third-order valence-electron chi connectivity index (χ3n) is 2.50. The van der Waals surface area contributed by atoms with Crippen LogP contribution in [0.4, 0.5) is 0 Å². The van der Waals surface area contributed by atoms with Crippen LogP contribution in [-0.2, 0) is 13.1 Å². The van der Waals surface area contributed by atoms with E-state index in [2.05, 4.69) is 10.4 Å². The number of nitrogens with one attached hydrogen (secondary N) is 1. The summed E-state index contributed by atoms with van der Waals surface area (Å²) < 4.78 is 1.87. The summed E-state index contributed by atoms with van der Waals surface area (Å²) in [6, 6.07) is 5.73. The lowest BCUT2D eigenvalue weighted by Crippen LogP contribution is -2.23. The summed E-state index contributed by atoms with van der Waals surface area (Å²) in [6.07, 6.45) is 1.75. The standard InChI is InChI=1S/C12H15N3OS/c1-3-15-10(6-7-14-15)8-13-12(16)11-5-4-9(2)17-11/h4-7H,3,8H2,1-2H3,(H,13,16). The van der Waals surface area contributed by atoms with E-state index in [1.807, 2.05) is 36.7 Å². The van der Waals surface area contributed by atoms with E-state index in [9.17, 15) is 4.79 Å². The Bertz CT molecular complexity index is 515. The van der Waals surface area contributed by atoms with Crippen molar-refractivity contribution >= 4 is 17.2 Å². The van der Waals surface area contributed by atoms with Crippen molar-refractivity contribution in [3.05, 3.63) is 39.8 Å². The fraction of sp³-hybridized carbons (Fsp3) is 0.333. The van der Waals surface area contributed by atoms with Crippen molar-refractivity contribution in [2.24, 2.45) is 0 Å². The minimum atomic E-state index is -0.0213. The zero-order chi connectivity index (χ0) is 12.3. The van der Waals surface area contributed by atoms with Gasteiger partial charge in [0.05, 0.1) is 17.1 Å². The first-order valence-electron chi connectivity index (χ1n) is 5.56. The maximum absolute atomic E-state index is 11.8. The van der Waals surface area contributed by atoms with Gasteiger partial charge >= 0.3 is 0 Å². The number of thiophene rings is 1. The Morgan fingerprint density at radius 3 is 2.94 bits per heavy atom. The van der Waals surface area contributed by atoms with Gasteiger partial charge in [0.2, 0.25) is 0 Å². The Balaban J connectivity index is 1.97.